The Labute approximate surface area is 200 Å². The zero-order valence-electron chi connectivity index (χ0n) is 19.9. The second-order valence-electron chi connectivity index (χ2n) is 9.32. The smallest absolute Gasteiger partial charge is 0.348 e. The summed E-state index contributed by atoms with van der Waals surface area (Å²) in [5.41, 5.74) is -3.22. The molecule has 1 aliphatic heterocycles. The molecule has 1 fully saturated rings. The molecule has 1 amide bonds. The maximum atomic E-state index is 13.7. The highest BCUT2D eigenvalue weighted by molar-refractivity contribution is 5.95. The zero-order chi connectivity index (χ0) is 26.0. The van der Waals surface area contributed by atoms with Gasteiger partial charge in [-0.3, -0.25) is 9.78 Å². The second kappa shape index (κ2) is 10.6. The van der Waals surface area contributed by atoms with Gasteiger partial charge >= 0.3 is 12.4 Å². The summed E-state index contributed by atoms with van der Waals surface area (Å²) in [6.45, 7) is 8.05. The predicted octanol–water partition coefficient (Wildman–Crippen LogP) is 6.33. The summed E-state index contributed by atoms with van der Waals surface area (Å²) in [5, 5.41) is 2.98. The number of piperidine rings is 1. The van der Waals surface area contributed by atoms with Gasteiger partial charge in [0.05, 0.1) is 16.8 Å². The average molecular weight is 502 g/mol. The van der Waals surface area contributed by atoms with Crippen LogP contribution in [0.4, 0.5) is 26.3 Å². The number of pyridine rings is 1. The van der Waals surface area contributed by atoms with Gasteiger partial charge in [-0.2, -0.15) is 26.3 Å². The van der Waals surface area contributed by atoms with Crippen LogP contribution in [0.2, 0.25) is 0 Å². The van der Waals surface area contributed by atoms with Gasteiger partial charge in [0.15, 0.2) is 0 Å². The van der Waals surface area contributed by atoms with Crippen molar-refractivity contribution in [2.45, 2.75) is 58.4 Å². The van der Waals surface area contributed by atoms with Gasteiger partial charge in [0, 0.05) is 29.4 Å². The van der Waals surface area contributed by atoms with Gasteiger partial charge in [0.2, 0.25) is 0 Å². The fourth-order valence-electron chi connectivity index (χ4n) is 4.21. The minimum Gasteiger partial charge on any atom is -0.348 e. The summed E-state index contributed by atoms with van der Waals surface area (Å²) in [6.07, 6.45) is -6.59. The minimum absolute atomic E-state index is 0.0759. The van der Waals surface area contributed by atoms with E-state index in [1.807, 2.05) is 13.8 Å². The van der Waals surface area contributed by atoms with E-state index in [4.69, 9.17) is 0 Å². The van der Waals surface area contributed by atoms with Gasteiger partial charge in [0.1, 0.15) is 0 Å². The molecular formula is C25H29F6N3O. The summed E-state index contributed by atoms with van der Waals surface area (Å²) in [4.78, 5) is 19.5. The summed E-state index contributed by atoms with van der Waals surface area (Å²) < 4.78 is 80.1. The highest BCUT2D eigenvalue weighted by Crippen LogP contribution is 2.40. The lowest BCUT2D eigenvalue weighted by atomic mass is 9.98. The maximum absolute atomic E-state index is 13.7. The van der Waals surface area contributed by atoms with Gasteiger partial charge in [-0.15, -0.1) is 0 Å². The quantitative estimate of drug-likeness (QED) is 0.470. The van der Waals surface area contributed by atoms with E-state index in [9.17, 15) is 31.1 Å². The van der Waals surface area contributed by atoms with Crippen LogP contribution < -0.4 is 5.32 Å². The lowest BCUT2D eigenvalue weighted by Gasteiger charge is -2.32. The largest absolute Gasteiger partial charge is 0.417 e. The molecule has 0 aliphatic carbocycles. The second-order valence-corrected chi connectivity index (χ2v) is 9.32. The van der Waals surface area contributed by atoms with Crippen molar-refractivity contribution in [3.05, 3.63) is 52.7 Å². The first-order valence-corrected chi connectivity index (χ1v) is 11.6. The molecule has 0 bridgehead atoms. The van der Waals surface area contributed by atoms with Crippen molar-refractivity contribution in [3.8, 4) is 11.3 Å². The normalized spacial score (nSPS) is 16.4. The molecule has 10 heteroatoms. The summed E-state index contributed by atoms with van der Waals surface area (Å²) in [6, 6.07) is 3.89. The molecule has 1 atom stereocenters. The van der Waals surface area contributed by atoms with E-state index in [1.165, 1.54) is 25.5 Å². The van der Waals surface area contributed by atoms with Gasteiger partial charge in [-0.1, -0.05) is 26.3 Å². The predicted molar refractivity (Wildman–Crippen MR) is 121 cm³/mol. The first kappa shape index (κ1) is 27.0. The molecule has 1 aromatic carbocycles. The van der Waals surface area contributed by atoms with Crippen LogP contribution in [0.5, 0.6) is 0 Å². The molecule has 0 saturated carbocycles. The summed E-state index contributed by atoms with van der Waals surface area (Å²) >= 11 is 0. The molecule has 2 aromatic rings. The molecule has 35 heavy (non-hydrogen) atoms. The van der Waals surface area contributed by atoms with E-state index in [0.717, 1.165) is 32.0 Å². The van der Waals surface area contributed by atoms with E-state index >= 15 is 0 Å². The Morgan fingerprint density at radius 1 is 1.00 bits per heavy atom. The summed E-state index contributed by atoms with van der Waals surface area (Å²) in [7, 11) is 0. The first-order valence-electron chi connectivity index (χ1n) is 11.6. The number of aryl methyl sites for hydroxylation is 1. The topological polar surface area (TPSA) is 45.2 Å². The standard InChI is InChI=1S/C25H29F6N3O/c1-15(2)22(14-34-9-5-4-6-10-34)33-23(35)17-11-16(3)32-21(12-17)19-8-7-18(24(26,27)28)13-20(19)25(29,30)31/h7-8,11-13,15,22H,4-6,9-10,14H2,1-3H3,(H,33,35)/t22-/m1/s1. The molecule has 1 N–H and O–H groups in total. The Balaban J connectivity index is 1.93. The number of rotatable bonds is 6. The van der Waals surface area contributed by atoms with Gasteiger partial charge < -0.3 is 10.2 Å². The van der Waals surface area contributed by atoms with Crippen molar-refractivity contribution in [3.63, 3.8) is 0 Å². The molecular weight excluding hydrogens is 472 g/mol. The Kier molecular flexibility index (Phi) is 8.14. The molecule has 0 radical (unpaired) electrons. The van der Waals surface area contributed by atoms with Crippen molar-refractivity contribution < 1.29 is 31.1 Å². The van der Waals surface area contributed by atoms with Crippen LogP contribution in [-0.2, 0) is 12.4 Å². The number of aromatic nitrogens is 1. The van der Waals surface area contributed by atoms with E-state index < -0.39 is 35.0 Å². The number of hydrogen-bond donors (Lipinski definition) is 1. The molecule has 2 heterocycles. The van der Waals surface area contributed by atoms with Crippen LogP contribution in [0.1, 0.15) is 60.3 Å². The fraction of sp³-hybridized carbons (Fsp3) is 0.520. The number of nitrogens with one attached hydrogen (secondary N) is 1. The Morgan fingerprint density at radius 3 is 2.23 bits per heavy atom. The van der Waals surface area contributed by atoms with Gasteiger partial charge in [-0.05, 0) is 63.0 Å². The van der Waals surface area contributed by atoms with Crippen LogP contribution in [-0.4, -0.2) is 41.5 Å². The van der Waals surface area contributed by atoms with Crippen LogP contribution in [0.15, 0.2) is 30.3 Å². The Morgan fingerprint density at radius 2 is 1.66 bits per heavy atom. The molecule has 4 nitrogen and oxygen atoms in total. The SMILES string of the molecule is Cc1cc(C(=O)N[C@H](CN2CCCCC2)C(C)C)cc(-c2ccc(C(F)(F)F)cc2C(F)(F)F)n1. The molecule has 0 unspecified atom stereocenters. The lowest BCUT2D eigenvalue weighted by Crippen LogP contribution is -2.48. The summed E-state index contributed by atoms with van der Waals surface area (Å²) in [5.74, 6) is -0.344. The van der Waals surface area contributed by atoms with Crippen molar-refractivity contribution in [1.29, 1.82) is 0 Å². The number of carbonyl (C=O) groups excluding carboxylic acids is 1. The van der Waals surface area contributed by atoms with Crippen LogP contribution in [0.3, 0.4) is 0 Å². The monoisotopic (exact) mass is 501 g/mol. The van der Waals surface area contributed by atoms with Gasteiger partial charge in [0.25, 0.3) is 5.91 Å². The number of halogens is 6. The first-order chi connectivity index (χ1) is 16.3. The third-order valence-electron chi connectivity index (χ3n) is 6.17. The highest BCUT2D eigenvalue weighted by Gasteiger charge is 2.38. The maximum Gasteiger partial charge on any atom is 0.417 e. The van der Waals surface area contributed by atoms with Crippen LogP contribution >= 0.6 is 0 Å². The van der Waals surface area contributed by atoms with E-state index in [0.29, 0.717) is 12.6 Å². The molecule has 1 aromatic heterocycles. The van der Waals surface area contributed by atoms with E-state index in [1.54, 1.807) is 0 Å². The Hall–Kier alpha value is -2.62. The van der Waals surface area contributed by atoms with Crippen LogP contribution in [0, 0.1) is 12.8 Å². The number of alkyl halides is 6. The lowest BCUT2D eigenvalue weighted by molar-refractivity contribution is -0.142. The van der Waals surface area contributed by atoms with Crippen molar-refractivity contribution >= 4 is 5.91 Å². The Bertz CT molecular complexity index is 1040. The molecule has 0 spiro atoms. The van der Waals surface area contributed by atoms with Crippen LogP contribution in [0.25, 0.3) is 11.3 Å². The van der Waals surface area contributed by atoms with Crippen molar-refractivity contribution in [1.82, 2.24) is 15.2 Å². The molecule has 192 valence electrons. The van der Waals surface area contributed by atoms with Crippen molar-refractivity contribution in [2.75, 3.05) is 19.6 Å². The average Bonchev–Trinajstić information content (AvgIpc) is 2.77. The minimum atomic E-state index is -5.04. The highest BCUT2D eigenvalue weighted by atomic mass is 19.4. The molecule has 1 aliphatic rings. The number of nitrogens with zero attached hydrogens (tertiary/aromatic N) is 2. The number of likely N-dealkylation sites (tertiary alicyclic amines) is 1. The third kappa shape index (κ3) is 6.96. The van der Waals surface area contributed by atoms with Crippen molar-refractivity contribution in [2.24, 2.45) is 5.92 Å². The zero-order valence-corrected chi connectivity index (χ0v) is 19.9. The molecule has 3 rings (SSSR count). The number of amides is 1. The fourth-order valence-corrected chi connectivity index (χ4v) is 4.21. The van der Waals surface area contributed by atoms with E-state index in [2.05, 4.69) is 15.2 Å². The van der Waals surface area contributed by atoms with E-state index in [-0.39, 0.29) is 35.0 Å². The number of benzene rings is 1. The third-order valence-corrected chi connectivity index (χ3v) is 6.17. The molecule has 1 saturated heterocycles. The van der Waals surface area contributed by atoms with Gasteiger partial charge in [-0.25, -0.2) is 0 Å². The number of hydrogen-bond acceptors (Lipinski definition) is 3. The number of carbonyl (C=O) groups is 1.